The number of amides is 3. The second kappa shape index (κ2) is 13.8. The van der Waals surface area contributed by atoms with Crippen molar-refractivity contribution in [2.24, 2.45) is 11.8 Å². The average molecular weight is 629 g/mol. The summed E-state index contributed by atoms with van der Waals surface area (Å²) in [5, 5.41) is 15.5. The van der Waals surface area contributed by atoms with Crippen LogP contribution in [0.1, 0.15) is 82.7 Å². The molecule has 45 heavy (non-hydrogen) atoms. The third-order valence-corrected chi connectivity index (χ3v) is 9.33. The maximum Gasteiger partial charge on any atom is 0.407 e. The lowest BCUT2D eigenvalue weighted by atomic mass is 9.78. The molecule has 1 saturated carbocycles. The van der Waals surface area contributed by atoms with E-state index in [1.807, 2.05) is 0 Å². The summed E-state index contributed by atoms with van der Waals surface area (Å²) in [5.41, 5.74) is 0.216. The molecule has 246 valence electrons. The summed E-state index contributed by atoms with van der Waals surface area (Å²) >= 11 is 0. The molecule has 12 heteroatoms. The first-order chi connectivity index (χ1) is 21.4. The number of hydrogen-bond donors (Lipinski definition) is 3. The van der Waals surface area contributed by atoms with Crippen LogP contribution in [0, 0.1) is 11.8 Å². The Kier molecular flexibility index (Phi) is 10.0. The van der Waals surface area contributed by atoms with E-state index in [1.54, 1.807) is 43.9 Å². The lowest BCUT2D eigenvalue weighted by Crippen LogP contribution is -2.55. The van der Waals surface area contributed by atoms with Gasteiger partial charge in [0.1, 0.15) is 23.9 Å². The monoisotopic (exact) mass is 628 g/mol. The van der Waals surface area contributed by atoms with Gasteiger partial charge < -0.3 is 29.8 Å². The largest absolute Gasteiger partial charge is 0.475 e. The second-order valence-corrected chi connectivity index (χ2v) is 13.6. The number of carboxylic acid groups (broad SMARTS) is 1. The third kappa shape index (κ3) is 7.77. The maximum absolute atomic E-state index is 14.0. The van der Waals surface area contributed by atoms with Crippen molar-refractivity contribution >= 4 is 40.5 Å². The smallest absolute Gasteiger partial charge is 0.407 e. The summed E-state index contributed by atoms with van der Waals surface area (Å²) < 4.78 is 24.6. The van der Waals surface area contributed by atoms with Crippen LogP contribution in [-0.2, 0) is 14.3 Å². The summed E-state index contributed by atoms with van der Waals surface area (Å²) in [6, 6.07) is 4.93. The van der Waals surface area contributed by atoms with Crippen molar-refractivity contribution in [2.75, 3.05) is 31.6 Å². The first-order valence-corrected chi connectivity index (χ1v) is 16.1. The molecule has 2 aromatic rings. The summed E-state index contributed by atoms with van der Waals surface area (Å²) in [4.78, 5) is 55.7. The fourth-order valence-corrected chi connectivity index (χ4v) is 7.16. The number of piperidine rings is 1. The molecule has 3 heterocycles. The van der Waals surface area contributed by atoms with Crippen molar-refractivity contribution in [3.05, 3.63) is 30.0 Å². The lowest BCUT2D eigenvalue weighted by molar-refractivity contribution is -0.142. The molecule has 3 amide bonds. The number of fused-ring (bicyclic) bond motifs is 1. The number of halogens is 1. The molecular weight excluding hydrogens is 583 g/mol. The van der Waals surface area contributed by atoms with Gasteiger partial charge in [0.05, 0.1) is 6.04 Å². The molecular formula is C33H45FN4O7. The van der Waals surface area contributed by atoms with E-state index in [1.165, 1.54) is 6.07 Å². The van der Waals surface area contributed by atoms with Gasteiger partial charge in [-0.3, -0.25) is 14.5 Å². The number of benzene rings is 1. The molecule has 3 N–H and O–H groups in total. The van der Waals surface area contributed by atoms with Crippen LogP contribution in [0.15, 0.2) is 28.7 Å². The second-order valence-electron chi connectivity index (χ2n) is 13.6. The highest BCUT2D eigenvalue weighted by molar-refractivity contribution is 6.00. The number of carbonyl (C=O) groups excluding carboxylic acids is 3. The van der Waals surface area contributed by atoms with Crippen LogP contribution in [-0.4, -0.2) is 88.8 Å². The molecule has 1 aromatic carbocycles. The standard InChI is InChI=1S/C33H45FN4O7/c1-33(2,3)45-32(43)36-24(19-34)20-7-9-21(10-8-20)30(40)38-16-13-25(37-14-5-4-6-15-37)28(38)29(39)35-23-11-12-26-22(17-23)18-27(44-26)31(41)42/h11-12,17-18,20-21,24-25,28H,4-10,13-16,19H2,1-3H3,(H,35,39)(H,36,43)(H,41,42)/t20?,21?,24-,25?,28+/m1/s1. The Labute approximate surface area is 262 Å². The van der Waals surface area contributed by atoms with Gasteiger partial charge >= 0.3 is 12.1 Å². The van der Waals surface area contributed by atoms with Crippen molar-refractivity contribution in [3.8, 4) is 0 Å². The number of alkyl halides is 1. The van der Waals surface area contributed by atoms with E-state index < -0.39 is 36.4 Å². The number of nitrogens with zero attached hydrogens (tertiary/aromatic N) is 2. The van der Waals surface area contributed by atoms with Crippen LogP contribution in [0.2, 0.25) is 0 Å². The van der Waals surface area contributed by atoms with E-state index in [9.17, 15) is 28.7 Å². The Bertz CT molecular complexity index is 1390. The summed E-state index contributed by atoms with van der Waals surface area (Å²) in [7, 11) is 0. The van der Waals surface area contributed by atoms with Gasteiger partial charge in [0.2, 0.25) is 17.6 Å². The first kappa shape index (κ1) is 32.7. The molecule has 3 aliphatic rings. The van der Waals surface area contributed by atoms with Gasteiger partial charge in [0.25, 0.3) is 0 Å². The molecule has 0 radical (unpaired) electrons. The highest BCUT2D eigenvalue weighted by atomic mass is 19.1. The third-order valence-electron chi connectivity index (χ3n) is 9.33. The molecule has 1 unspecified atom stereocenters. The van der Waals surface area contributed by atoms with Crippen molar-refractivity contribution < 1.29 is 37.8 Å². The minimum Gasteiger partial charge on any atom is -0.475 e. The zero-order chi connectivity index (χ0) is 32.3. The fourth-order valence-electron chi connectivity index (χ4n) is 7.16. The van der Waals surface area contributed by atoms with Gasteiger partial charge in [-0.1, -0.05) is 6.42 Å². The number of rotatable bonds is 8. The molecule has 0 spiro atoms. The molecule has 3 atom stereocenters. The number of aromatic carboxylic acids is 1. The minimum atomic E-state index is -1.17. The van der Waals surface area contributed by atoms with Gasteiger partial charge in [0, 0.05) is 29.6 Å². The lowest BCUT2D eigenvalue weighted by Gasteiger charge is -2.38. The topological polar surface area (TPSA) is 141 Å². The first-order valence-electron chi connectivity index (χ1n) is 16.1. The van der Waals surface area contributed by atoms with E-state index in [2.05, 4.69) is 15.5 Å². The normalized spacial score (nSPS) is 25.1. The quantitative estimate of drug-likeness (QED) is 0.363. The number of nitrogens with one attached hydrogen (secondary N) is 2. The van der Waals surface area contributed by atoms with Gasteiger partial charge in [-0.25, -0.2) is 14.0 Å². The van der Waals surface area contributed by atoms with Crippen LogP contribution in [0.4, 0.5) is 14.9 Å². The minimum absolute atomic E-state index is 0.0543. The Morgan fingerprint density at radius 2 is 1.73 bits per heavy atom. The molecule has 2 saturated heterocycles. The van der Waals surface area contributed by atoms with Crippen LogP contribution >= 0.6 is 0 Å². The fraction of sp³-hybridized carbons (Fsp3) is 0.636. The highest BCUT2D eigenvalue weighted by Gasteiger charge is 2.46. The number of furan rings is 1. The highest BCUT2D eigenvalue weighted by Crippen LogP contribution is 2.36. The number of carbonyl (C=O) groups is 4. The zero-order valence-electron chi connectivity index (χ0n) is 26.4. The predicted molar refractivity (Wildman–Crippen MR) is 166 cm³/mol. The van der Waals surface area contributed by atoms with E-state index in [4.69, 9.17) is 9.15 Å². The van der Waals surface area contributed by atoms with Crippen molar-refractivity contribution in [1.82, 2.24) is 15.1 Å². The molecule has 1 aromatic heterocycles. The van der Waals surface area contributed by atoms with Crippen LogP contribution in [0.25, 0.3) is 11.0 Å². The average Bonchev–Trinajstić information content (AvgIpc) is 3.64. The summed E-state index contributed by atoms with van der Waals surface area (Å²) in [5.74, 6) is -2.07. The van der Waals surface area contributed by atoms with E-state index in [0.29, 0.717) is 55.3 Å². The van der Waals surface area contributed by atoms with Gasteiger partial charge in [-0.15, -0.1) is 0 Å². The number of alkyl carbamates (subject to hydrolysis) is 1. The predicted octanol–water partition coefficient (Wildman–Crippen LogP) is 5.19. The Morgan fingerprint density at radius 3 is 2.38 bits per heavy atom. The van der Waals surface area contributed by atoms with Gasteiger partial charge in [0.15, 0.2) is 0 Å². The van der Waals surface area contributed by atoms with Crippen LogP contribution < -0.4 is 10.6 Å². The Hall–Kier alpha value is -3.67. The summed E-state index contributed by atoms with van der Waals surface area (Å²) in [6.07, 6.45) is 5.60. The zero-order valence-corrected chi connectivity index (χ0v) is 26.4. The van der Waals surface area contributed by atoms with Crippen molar-refractivity contribution in [2.45, 2.75) is 95.9 Å². The van der Waals surface area contributed by atoms with Crippen molar-refractivity contribution in [3.63, 3.8) is 0 Å². The van der Waals surface area contributed by atoms with Crippen molar-refractivity contribution in [1.29, 1.82) is 0 Å². The molecule has 5 rings (SSSR count). The maximum atomic E-state index is 14.0. The molecule has 0 bridgehead atoms. The number of likely N-dealkylation sites (tertiary alicyclic amines) is 2. The number of carboxylic acids is 1. The molecule has 1 aliphatic carbocycles. The number of hydrogen-bond acceptors (Lipinski definition) is 7. The number of anilines is 1. The Morgan fingerprint density at radius 1 is 1.02 bits per heavy atom. The van der Waals surface area contributed by atoms with E-state index >= 15 is 0 Å². The molecule has 11 nitrogen and oxygen atoms in total. The summed E-state index contributed by atoms with van der Waals surface area (Å²) in [6.45, 7) is 6.80. The van der Waals surface area contributed by atoms with Gasteiger partial charge in [-0.2, -0.15) is 0 Å². The number of ether oxygens (including phenoxy) is 1. The molecule has 2 aliphatic heterocycles. The molecule has 3 fully saturated rings. The van der Waals surface area contributed by atoms with Crippen LogP contribution in [0.3, 0.4) is 0 Å². The van der Waals surface area contributed by atoms with E-state index in [0.717, 1.165) is 32.4 Å². The van der Waals surface area contributed by atoms with Gasteiger partial charge in [-0.05, 0) is 109 Å². The SMILES string of the molecule is CC(C)(C)OC(=O)N[C@H](CF)C1CCC(C(=O)N2CCC(N3CCCCC3)[C@H]2C(=O)Nc2ccc3oc(C(=O)O)cc3c2)CC1. The van der Waals surface area contributed by atoms with Crippen LogP contribution in [0.5, 0.6) is 0 Å². The Balaban J connectivity index is 1.27. The van der Waals surface area contributed by atoms with E-state index in [-0.39, 0.29) is 35.5 Å².